The van der Waals surface area contributed by atoms with E-state index in [0.717, 1.165) is 5.69 Å². The third-order valence-corrected chi connectivity index (χ3v) is 2.81. The highest BCUT2D eigenvalue weighted by molar-refractivity contribution is 6.42. The van der Waals surface area contributed by atoms with Gasteiger partial charge in [-0.25, -0.2) is 4.98 Å². The van der Waals surface area contributed by atoms with Crippen molar-refractivity contribution in [3.63, 3.8) is 0 Å². The Kier molecular flexibility index (Phi) is 3.66. The minimum atomic E-state index is 0.500. The van der Waals surface area contributed by atoms with Crippen LogP contribution in [0, 0.1) is 0 Å². The summed E-state index contributed by atoms with van der Waals surface area (Å²) in [4.78, 5) is 8.25. The number of rotatable bonds is 3. The van der Waals surface area contributed by atoms with Crippen LogP contribution in [0.2, 0.25) is 10.0 Å². The van der Waals surface area contributed by atoms with Gasteiger partial charge in [0, 0.05) is 18.9 Å². The Balaban J connectivity index is 2.22. The quantitative estimate of drug-likeness (QED) is 0.894. The molecule has 4 nitrogen and oxygen atoms in total. The van der Waals surface area contributed by atoms with E-state index in [0.29, 0.717) is 21.8 Å². The molecule has 0 bridgehead atoms. The van der Waals surface area contributed by atoms with Crippen LogP contribution >= 0.6 is 23.2 Å². The summed E-state index contributed by atoms with van der Waals surface area (Å²) in [6.45, 7) is 0. The van der Waals surface area contributed by atoms with Crippen LogP contribution in [0.4, 0.5) is 17.5 Å². The zero-order chi connectivity index (χ0) is 12.3. The summed E-state index contributed by atoms with van der Waals surface area (Å²) < 4.78 is 0. The highest BCUT2D eigenvalue weighted by Crippen LogP contribution is 2.26. The van der Waals surface area contributed by atoms with Gasteiger partial charge in [0.2, 0.25) is 5.95 Å². The summed E-state index contributed by atoms with van der Waals surface area (Å²) in [7, 11) is 1.76. The fraction of sp³-hybridized carbons (Fsp3) is 0.0909. The number of nitrogens with one attached hydrogen (secondary N) is 2. The molecular weight excluding hydrogens is 259 g/mol. The van der Waals surface area contributed by atoms with Crippen molar-refractivity contribution in [2.75, 3.05) is 17.7 Å². The fourth-order valence-electron chi connectivity index (χ4n) is 1.27. The van der Waals surface area contributed by atoms with E-state index < -0.39 is 0 Å². The van der Waals surface area contributed by atoms with E-state index >= 15 is 0 Å². The van der Waals surface area contributed by atoms with E-state index in [2.05, 4.69) is 20.6 Å². The molecule has 0 aliphatic rings. The summed E-state index contributed by atoms with van der Waals surface area (Å²) in [5, 5.41) is 7.00. The lowest BCUT2D eigenvalue weighted by Crippen LogP contribution is -1.99. The van der Waals surface area contributed by atoms with E-state index in [1.54, 1.807) is 31.4 Å². The van der Waals surface area contributed by atoms with E-state index in [1.165, 1.54) is 0 Å². The van der Waals surface area contributed by atoms with Gasteiger partial charge in [-0.2, -0.15) is 4.98 Å². The van der Waals surface area contributed by atoms with E-state index in [9.17, 15) is 0 Å². The highest BCUT2D eigenvalue weighted by Gasteiger charge is 2.01. The molecule has 88 valence electrons. The van der Waals surface area contributed by atoms with Gasteiger partial charge in [-0.3, -0.25) is 0 Å². The van der Waals surface area contributed by atoms with Crippen molar-refractivity contribution in [2.45, 2.75) is 0 Å². The van der Waals surface area contributed by atoms with Gasteiger partial charge in [-0.05, 0) is 24.3 Å². The predicted octanol–water partition coefficient (Wildman–Crippen LogP) is 3.57. The van der Waals surface area contributed by atoms with Crippen molar-refractivity contribution < 1.29 is 0 Å². The molecule has 2 N–H and O–H groups in total. The van der Waals surface area contributed by atoms with Crippen LogP contribution in [-0.4, -0.2) is 17.0 Å². The summed E-state index contributed by atoms with van der Waals surface area (Å²) in [6.07, 6.45) is 1.67. The van der Waals surface area contributed by atoms with Crippen molar-refractivity contribution >= 4 is 40.7 Å². The van der Waals surface area contributed by atoms with Crippen LogP contribution < -0.4 is 10.6 Å². The molecule has 1 aromatic heterocycles. The molecule has 0 fully saturated rings. The molecule has 0 aliphatic carbocycles. The molecule has 0 aliphatic heterocycles. The van der Waals surface area contributed by atoms with Gasteiger partial charge in [-0.1, -0.05) is 23.2 Å². The first-order valence-corrected chi connectivity index (χ1v) is 5.67. The Labute approximate surface area is 109 Å². The third-order valence-electron chi connectivity index (χ3n) is 2.07. The minimum absolute atomic E-state index is 0.500. The molecule has 1 heterocycles. The van der Waals surface area contributed by atoms with Crippen molar-refractivity contribution in [2.24, 2.45) is 0 Å². The number of anilines is 3. The molecule has 1 aromatic carbocycles. The van der Waals surface area contributed by atoms with E-state index in [-0.39, 0.29) is 0 Å². The van der Waals surface area contributed by atoms with E-state index in [1.807, 2.05) is 6.07 Å². The van der Waals surface area contributed by atoms with Gasteiger partial charge in [0.1, 0.15) is 5.82 Å². The maximum atomic E-state index is 5.92. The fourth-order valence-corrected chi connectivity index (χ4v) is 1.57. The average molecular weight is 269 g/mol. The summed E-state index contributed by atoms with van der Waals surface area (Å²) in [5.41, 5.74) is 0.820. The van der Waals surface area contributed by atoms with Crippen LogP contribution in [0.15, 0.2) is 30.5 Å². The summed E-state index contributed by atoms with van der Waals surface area (Å²) in [5.74, 6) is 1.23. The number of aromatic nitrogens is 2. The van der Waals surface area contributed by atoms with Crippen LogP contribution in [0.3, 0.4) is 0 Å². The average Bonchev–Trinajstić information content (AvgIpc) is 2.34. The second kappa shape index (κ2) is 5.21. The smallest absolute Gasteiger partial charge is 0.224 e. The lowest BCUT2D eigenvalue weighted by atomic mass is 10.3. The van der Waals surface area contributed by atoms with Gasteiger partial charge in [0.15, 0.2) is 0 Å². The Bertz CT molecular complexity index is 531. The van der Waals surface area contributed by atoms with Crippen LogP contribution in [-0.2, 0) is 0 Å². The highest BCUT2D eigenvalue weighted by atomic mass is 35.5. The molecule has 0 saturated heterocycles. The van der Waals surface area contributed by atoms with Crippen LogP contribution in [0.5, 0.6) is 0 Å². The van der Waals surface area contributed by atoms with E-state index in [4.69, 9.17) is 23.2 Å². The SMILES string of the molecule is CNc1nccc(Nc2ccc(Cl)c(Cl)c2)n1. The van der Waals surface area contributed by atoms with Crippen molar-refractivity contribution in [1.29, 1.82) is 0 Å². The maximum Gasteiger partial charge on any atom is 0.224 e. The summed E-state index contributed by atoms with van der Waals surface area (Å²) in [6, 6.07) is 7.07. The number of halogens is 2. The monoisotopic (exact) mass is 268 g/mol. The molecule has 0 unspecified atom stereocenters. The Morgan fingerprint density at radius 3 is 2.65 bits per heavy atom. The predicted molar refractivity (Wildman–Crippen MR) is 71.3 cm³/mol. The molecule has 17 heavy (non-hydrogen) atoms. The molecule has 2 rings (SSSR count). The lowest BCUT2D eigenvalue weighted by molar-refractivity contribution is 1.15. The van der Waals surface area contributed by atoms with Crippen LogP contribution in [0.1, 0.15) is 0 Å². The first kappa shape index (κ1) is 12.0. The van der Waals surface area contributed by atoms with Gasteiger partial charge >= 0.3 is 0 Å². The minimum Gasteiger partial charge on any atom is -0.357 e. The molecule has 0 amide bonds. The first-order chi connectivity index (χ1) is 8.19. The lowest BCUT2D eigenvalue weighted by Gasteiger charge is -2.07. The number of hydrogen-bond donors (Lipinski definition) is 2. The number of hydrogen-bond acceptors (Lipinski definition) is 4. The Morgan fingerprint density at radius 1 is 1.12 bits per heavy atom. The Morgan fingerprint density at radius 2 is 1.94 bits per heavy atom. The summed E-state index contributed by atoms with van der Waals surface area (Å²) >= 11 is 11.8. The molecule has 2 aromatic rings. The molecule has 0 radical (unpaired) electrons. The van der Waals surface area contributed by atoms with Crippen molar-refractivity contribution in [1.82, 2.24) is 9.97 Å². The van der Waals surface area contributed by atoms with Crippen LogP contribution in [0.25, 0.3) is 0 Å². The second-order valence-electron chi connectivity index (χ2n) is 3.27. The van der Waals surface area contributed by atoms with Gasteiger partial charge in [-0.15, -0.1) is 0 Å². The number of benzene rings is 1. The first-order valence-electron chi connectivity index (χ1n) is 4.92. The normalized spacial score (nSPS) is 10.1. The topological polar surface area (TPSA) is 49.8 Å². The van der Waals surface area contributed by atoms with Crippen molar-refractivity contribution in [3.05, 3.63) is 40.5 Å². The molecule has 6 heteroatoms. The molecular formula is C11H10Cl2N4. The largest absolute Gasteiger partial charge is 0.357 e. The molecule has 0 spiro atoms. The zero-order valence-corrected chi connectivity index (χ0v) is 10.5. The molecule has 0 atom stereocenters. The zero-order valence-electron chi connectivity index (χ0n) is 9.04. The molecule has 0 saturated carbocycles. The van der Waals surface area contributed by atoms with Gasteiger partial charge in [0.05, 0.1) is 10.0 Å². The third kappa shape index (κ3) is 2.99. The second-order valence-corrected chi connectivity index (χ2v) is 4.08. The maximum absolute atomic E-state index is 5.92. The standard InChI is InChI=1S/C11H10Cl2N4/c1-14-11-15-5-4-10(17-11)16-7-2-3-8(12)9(13)6-7/h2-6H,1H3,(H2,14,15,16,17). The van der Waals surface area contributed by atoms with Crippen molar-refractivity contribution in [3.8, 4) is 0 Å². The number of nitrogens with zero attached hydrogens (tertiary/aromatic N) is 2. The van der Waals surface area contributed by atoms with Gasteiger partial charge < -0.3 is 10.6 Å². The Hall–Kier alpha value is -1.52. The van der Waals surface area contributed by atoms with Gasteiger partial charge in [0.25, 0.3) is 0 Å².